The second-order valence-corrected chi connectivity index (χ2v) is 7.01. The summed E-state index contributed by atoms with van der Waals surface area (Å²) in [5.74, 6) is 0. The van der Waals surface area contributed by atoms with Gasteiger partial charge in [-0.2, -0.15) is 13.2 Å². The third-order valence-electron chi connectivity index (χ3n) is 5.00. The Kier molecular flexibility index (Phi) is 5.33. The predicted octanol–water partition coefficient (Wildman–Crippen LogP) is 4.86. The van der Waals surface area contributed by atoms with Gasteiger partial charge in [-0.05, 0) is 28.8 Å². The van der Waals surface area contributed by atoms with Gasteiger partial charge in [0, 0.05) is 6.20 Å². The van der Waals surface area contributed by atoms with E-state index in [0.717, 1.165) is 23.3 Å². The lowest BCUT2D eigenvalue weighted by Crippen LogP contribution is -2.33. The van der Waals surface area contributed by atoms with E-state index >= 15 is 0 Å². The largest absolute Gasteiger partial charge is 0.416 e. The fraction of sp³-hybridized carbons (Fsp3) is 0.0833. The van der Waals surface area contributed by atoms with E-state index in [1.807, 2.05) is 60.7 Å². The van der Waals surface area contributed by atoms with Crippen LogP contribution in [-0.2, 0) is 6.18 Å². The first-order valence-corrected chi connectivity index (χ1v) is 9.47. The van der Waals surface area contributed by atoms with Gasteiger partial charge in [0.25, 0.3) is 5.56 Å². The van der Waals surface area contributed by atoms with Gasteiger partial charge < -0.3 is 0 Å². The van der Waals surface area contributed by atoms with Crippen LogP contribution in [0.15, 0.2) is 101 Å². The van der Waals surface area contributed by atoms with Gasteiger partial charge in [-0.15, -0.1) is 0 Å². The van der Waals surface area contributed by atoms with Crippen molar-refractivity contribution in [2.45, 2.75) is 12.2 Å². The molecule has 0 aliphatic carbocycles. The second kappa shape index (κ2) is 8.10. The fourth-order valence-corrected chi connectivity index (χ4v) is 3.51. The molecule has 7 heteroatoms. The van der Waals surface area contributed by atoms with Gasteiger partial charge >= 0.3 is 11.9 Å². The van der Waals surface area contributed by atoms with Crippen LogP contribution in [0.25, 0.3) is 11.1 Å². The van der Waals surface area contributed by atoms with Gasteiger partial charge in [0.2, 0.25) is 0 Å². The van der Waals surface area contributed by atoms with Crippen LogP contribution < -0.4 is 11.2 Å². The first kappa shape index (κ1) is 20.4. The molecule has 0 saturated carbocycles. The number of halogens is 3. The minimum absolute atomic E-state index is 0.102. The van der Waals surface area contributed by atoms with Gasteiger partial charge in [-0.3, -0.25) is 14.3 Å². The zero-order valence-electron chi connectivity index (χ0n) is 16.1. The highest BCUT2D eigenvalue weighted by molar-refractivity contribution is 5.62. The lowest BCUT2D eigenvalue weighted by Gasteiger charge is -2.21. The Bertz CT molecular complexity index is 1250. The molecule has 4 nitrogen and oxygen atoms in total. The average Bonchev–Trinajstić information content (AvgIpc) is 2.76. The number of rotatable bonds is 4. The van der Waals surface area contributed by atoms with Crippen LogP contribution in [0.3, 0.4) is 0 Å². The van der Waals surface area contributed by atoms with E-state index in [2.05, 4.69) is 4.98 Å². The highest BCUT2D eigenvalue weighted by Gasteiger charge is 2.30. The van der Waals surface area contributed by atoms with Gasteiger partial charge in [-0.25, -0.2) is 4.79 Å². The minimum Gasteiger partial charge on any atom is -0.288 e. The maximum absolute atomic E-state index is 12.9. The summed E-state index contributed by atoms with van der Waals surface area (Å²) in [6.45, 7) is 0. The number of aromatic amines is 1. The average molecular weight is 422 g/mol. The molecular formula is C24H17F3N2O2. The highest BCUT2D eigenvalue weighted by Crippen LogP contribution is 2.31. The lowest BCUT2D eigenvalue weighted by molar-refractivity contribution is -0.137. The van der Waals surface area contributed by atoms with E-state index in [4.69, 9.17) is 0 Å². The van der Waals surface area contributed by atoms with Crippen molar-refractivity contribution in [2.75, 3.05) is 0 Å². The summed E-state index contributed by atoms with van der Waals surface area (Å²) in [5.41, 5.74) is -0.0674. The van der Waals surface area contributed by atoms with Crippen LogP contribution in [0.5, 0.6) is 0 Å². The van der Waals surface area contributed by atoms with Crippen LogP contribution in [0.1, 0.15) is 22.7 Å². The number of alkyl halides is 3. The monoisotopic (exact) mass is 422 g/mol. The molecule has 0 spiro atoms. The topological polar surface area (TPSA) is 54.9 Å². The Balaban J connectivity index is 1.88. The van der Waals surface area contributed by atoms with Gasteiger partial charge in [0.05, 0.1) is 17.2 Å². The van der Waals surface area contributed by atoms with E-state index in [0.29, 0.717) is 0 Å². The maximum Gasteiger partial charge on any atom is 0.416 e. The van der Waals surface area contributed by atoms with Crippen molar-refractivity contribution in [1.82, 2.24) is 9.55 Å². The number of hydrogen-bond donors (Lipinski definition) is 1. The van der Waals surface area contributed by atoms with Gasteiger partial charge in [-0.1, -0.05) is 72.8 Å². The molecule has 0 fully saturated rings. The maximum atomic E-state index is 12.9. The minimum atomic E-state index is -4.48. The molecule has 3 aromatic carbocycles. The summed E-state index contributed by atoms with van der Waals surface area (Å²) in [5, 5.41) is 0. The second-order valence-electron chi connectivity index (χ2n) is 7.01. The molecule has 4 aromatic rings. The Labute approximate surface area is 175 Å². The number of nitrogens with one attached hydrogen (secondary N) is 1. The highest BCUT2D eigenvalue weighted by atomic mass is 19.4. The third-order valence-corrected chi connectivity index (χ3v) is 5.00. The molecule has 0 amide bonds. The van der Waals surface area contributed by atoms with Gasteiger partial charge in [0.1, 0.15) is 0 Å². The summed E-state index contributed by atoms with van der Waals surface area (Å²) in [6, 6.07) is 22.3. The van der Waals surface area contributed by atoms with E-state index in [9.17, 15) is 22.8 Å². The van der Waals surface area contributed by atoms with Crippen molar-refractivity contribution < 1.29 is 13.2 Å². The molecule has 156 valence electrons. The molecule has 0 aliphatic rings. The zero-order valence-corrected chi connectivity index (χ0v) is 16.1. The first-order valence-electron chi connectivity index (χ1n) is 9.47. The van der Waals surface area contributed by atoms with Crippen molar-refractivity contribution in [3.05, 3.63) is 129 Å². The van der Waals surface area contributed by atoms with E-state index in [1.165, 1.54) is 22.9 Å². The van der Waals surface area contributed by atoms with Crippen LogP contribution in [0.2, 0.25) is 0 Å². The SMILES string of the molecule is O=c1[nH]c(=O)n(C(c2ccccc2)c2ccccc2)cc1-c1ccc(C(F)(F)F)cc1. The molecule has 0 aliphatic heterocycles. The quantitative estimate of drug-likeness (QED) is 0.511. The molecule has 0 bridgehead atoms. The van der Waals surface area contributed by atoms with Crippen LogP contribution in [0, 0.1) is 0 Å². The molecule has 0 unspecified atom stereocenters. The normalized spacial score (nSPS) is 11.6. The smallest absolute Gasteiger partial charge is 0.288 e. The molecule has 4 rings (SSSR count). The van der Waals surface area contributed by atoms with E-state index in [-0.39, 0.29) is 11.1 Å². The summed E-state index contributed by atoms with van der Waals surface area (Å²) in [4.78, 5) is 27.5. The molecule has 0 saturated heterocycles. The molecule has 1 heterocycles. The number of H-pyrrole nitrogens is 1. The Morgan fingerprint density at radius 3 is 1.74 bits per heavy atom. The Morgan fingerprint density at radius 1 is 0.742 bits per heavy atom. The van der Waals surface area contributed by atoms with Crippen molar-refractivity contribution in [3.8, 4) is 11.1 Å². The van der Waals surface area contributed by atoms with Crippen molar-refractivity contribution in [1.29, 1.82) is 0 Å². The van der Waals surface area contributed by atoms with E-state index in [1.54, 1.807) is 0 Å². The van der Waals surface area contributed by atoms with Crippen molar-refractivity contribution >= 4 is 0 Å². The number of aromatic nitrogens is 2. The molecule has 0 atom stereocenters. The number of nitrogens with zero attached hydrogens (tertiary/aromatic N) is 1. The fourth-order valence-electron chi connectivity index (χ4n) is 3.51. The molecule has 1 N–H and O–H groups in total. The molecule has 1 aromatic heterocycles. The lowest BCUT2D eigenvalue weighted by atomic mass is 9.98. The first-order chi connectivity index (χ1) is 14.8. The van der Waals surface area contributed by atoms with E-state index < -0.39 is 29.0 Å². The van der Waals surface area contributed by atoms with Crippen LogP contribution in [-0.4, -0.2) is 9.55 Å². The number of hydrogen-bond acceptors (Lipinski definition) is 2. The standard InChI is InChI=1S/C24H17F3N2O2/c25-24(26,27)19-13-11-16(12-14-19)20-15-29(23(31)28-22(20)30)21(17-7-3-1-4-8-17)18-9-5-2-6-10-18/h1-15,21H,(H,28,30,31). The predicted molar refractivity (Wildman–Crippen MR) is 112 cm³/mol. The van der Waals surface area contributed by atoms with Crippen molar-refractivity contribution in [3.63, 3.8) is 0 Å². The summed E-state index contributed by atoms with van der Waals surface area (Å²) >= 11 is 0. The number of benzene rings is 3. The molecule has 0 radical (unpaired) electrons. The third kappa shape index (κ3) is 4.21. The van der Waals surface area contributed by atoms with Gasteiger partial charge in [0.15, 0.2) is 0 Å². The van der Waals surface area contributed by atoms with Crippen LogP contribution >= 0.6 is 0 Å². The Hall–Kier alpha value is -3.87. The van der Waals surface area contributed by atoms with Crippen LogP contribution in [0.4, 0.5) is 13.2 Å². The van der Waals surface area contributed by atoms with Crippen molar-refractivity contribution in [2.24, 2.45) is 0 Å². The summed E-state index contributed by atoms with van der Waals surface area (Å²) in [6.07, 6.45) is -3.08. The Morgan fingerprint density at radius 2 is 1.26 bits per heavy atom. The summed E-state index contributed by atoms with van der Waals surface area (Å²) < 4.78 is 40.0. The molecular weight excluding hydrogens is 405 g/mol. The zero-order chi connectivity index (χ0) is 22.0. The molecule has 31 heavy (non-hydrogen) atoms. The summed E-state index contributed by atoms with van der Waals surface area (Å²) in [7, 11) is 0.